The van der Waals surface area contributed by atoms with Crippen molar-refractivity contribution >= 4 is 0 Å². The molecule has 3 aliphatic rings. The Morgan fingerprint density at radius 3 is 2.36 bits per heavy atom. The maximum absolute atomic E-state index is 6.40. The second-order valence-corrected chi connectivity index (χ2v) is 8.95. The lowest BCUT2D eigenvalue weighted by Crippen LogP contribution is -2.39. The van der Waals surface area contributed by atoms with Crippen LogP contribution in [-0.4, -0.2) is 62.5 Å². The summed E-state index contributed by atoms with van der Waals surface area (Å²) in [7, 11) is 0. The molecule has 0 aromatic carbocycles. The third kappa shape index (κ3) is 5.16. The summed E-state index contributed by atoms with van der Waals surface area (Å²) >= 11 is 0. The van der Waals surface area contributed by atoms with E-state index in [0.717, 1.165) is 64.6 Å². The molecular formula is C20H37NO4. The molecule has 5 nitrogen and oxygen atoms in total. The van der Waals surface area contributed by atoms with Gasteiger partial charge in [0, 0.05) is 25.9 Å². The van der Waals surface area contributed by atoms with Gasteiger partial charge in [0.25, 0.3) is 0 Å². The molecule has 0 aromatic rings. The largest absolute Gasteiger partial charge is 0.349 e. The van der Waals surface area contributed by atoms with E-state index in [2.05, 4.69) is 32.6 Å². The van der Waals surface area contributed by atoms with Gasteiger partial charge in [-0.25, -0.2) is 0 Å². The highest BCUT2D eigenvalue weighted by Gasteiger charge is 2.45. The molecular weight excluding hydrogens is 318 g/mol. The van der Waals surface area contributed by atoms with Crippen LogP contribution in [0.15, 0.2) is 0 Å². The predicted molar refractivity (Wildman–Crippen MR) is 97.4 cm³/mol. The Labute approximate surface area is 153 Å². The van der Waals surface area contributed by atoms with Crippen LogP contribution >= 0.6 is 0 Å². The van der Waals surface area contributed by atoms with Crippen molar-refractivity contribution in [3.8, 4) is 0 Å². The second kappa shape index (κ2) is 8.22. The molecule has 0 radical (unpaired) electrons. The number of nitrogens with zero attached hydrogens (tertiary/aromatic N) is 1. The van der Waals surface area contributed by atoms with Crippen molar-refractivity contribution in [1.29, 1.82) is 0 Å². The number of likely N-dealkylation sites (N-methyl/N-ethyl adjacent to an activating group) is 1. The quantitative estimate of drug-likeness (QED) is 0.730. The highest BCUT2D eigenvalue weighted by molar-refractivity contribution is 4.89. The fraction of sp³-hybridized carbons (Fsp3) is 1.00. The van der Waals surface area contributed by atoms with Crippen molar-refractivity contribution in [2.24, 2.45) is 11.3 Å². The summed E-state index contributed by atoms with van der Waals surface area (Å²) in [6.45, 7) is 14.3. The fourth-order valence-corrected chi connectivity index (χ4v) is 4.37. The maximum atomic E-state index is 6.40. The zero-order valence-corrected chi connectivity index (χ0v) is 16.6. The Bertz CT molecular complexity index is 408. The molecule has 2 heterocycles. The van der Waals surface area contributed by atoms with Gasteiger partial charge in [-0.15, -0.1) is 0 Å². The van der Waals surface area contributed by atoms with Gasteiger partial charge in [0.15, 0.2) is 12.1 Å². The van der Waals surface area contributed by atoms with Gasteiger partial charge in [0.1, 0.15) is 0 Å². The van der Waals surface area contributed by atoms with Gasteiger partial charge in [-0.3, -0.25) is 4.90 Å². The summed E-state index contributed by atoms with van der Waals surface area (Å²) in [5.74, 6) is 0.493. The van der Waals surface area contributed by atoms with Crippen molar-refractivity contribution in [3.05, 3.63) is 0 Å². The lowest BCUT2D eigenvalue weighted by molar-refractivity contribution is -0.197. The molecule has 1 aliphatic carbocycles. The summed E-state index contributed by atoms with van der Waals surface area (Å²) in [6, 6.07) is 0. The van der Waals surface area contributed by atoms with Crippen molar-refractivity contribution in [3.63, 3.8) is 0 Å². The third-order valence-electron chi connectivity index (χ3n) is 6.20. The van der Waals surface area contributed by atoms with Gasteiger partial charge in [-0.05, 0) is 37.1 Å². The molecule has 146 valence electrons. The van der Waals surface area contributed by atoms with E-state index < -0.39 is 0 Å². The Hall–Kier alpha value is -0.200. The number of hydrogen-bond acceptors (Lipinski definition) is 5. The summed E-state index contributed by atoms with van der Waals surface area (Å²) in [4.78, 5) is 2.39. The normalized spacial score (nSPS) is 34.4. The monoisotopic (exact) mass is 355 g/mol. The zero-order chi connectivity index (χ0) is 17.9. The molecule has 2 saturated heterocycles. The van der Waals surface area contributed by atoms with Crippen molar-refractivity contribution in [1.82, 2.24) is 4.90 Å². The van der Waals surface area contributed by atoms with Gasteiger partial charge in [0.2, 0.25) is 0 Å². The lowest BCUT2D eigenvalue weighted by atomic mass is 9.71. The van der Waals surface area contributed by atoms with Gasteiger partial charge in [-0.1, -0.05) is 27.7 Å². The average Bonchev–Trinajstić information content (AvgIpc) is 3.21. The van der Waals surface area contributed by atoms with Gasteiger partial charge < -0.3 is 18.9 Å². The average molecular weight is 356 g/mol. The fourth-order valence-electron chi connectivity index (χ4n) is 4.37. The molecule has 0 N–H and O–H groups in total. The molecule has 1 saturated carbocycles. The topological polar surface area (TPSA) is 40.2 Å². The van der Waals surface area contributed by atoms with E-state index in [0.29, 0.717) is 5.41 Å². The number of hydrogen-bond donors (Lipinski definition) is 0. The summed E-state index contributed by atoms with van der Waals surface area (Å²) in [5, 5.41) is 0. The third-order valence-corrected chi connectivity index (χ3v) is 6.20. The molecule has 0 aromatic heterocycles. The van der Waals surface area contributed by atoms with Crippen molar-refractivity contribution in [2.45, 2.75) is 78.0 Å². The summed E-state index contributed by atoms with van der Waals surface area (Å²) in [5.41, 5.74) is 0.394. The summed E-state index contributed by atoms with van der Waals surface area (Å²) in [6.07, 6.45) is 5.72. The zero-order valence-electron chi connectivity index (χ0n) is 16.6. The molecule has 1 spiro atoms. The van der Waals surface area contributed by atoms with Crippen LogP contribution < -0.4 is 0 Å². The van der Waals surface area contributed by atoms with Gasteiger partial charge >= 0.3 is 0 Å². The first-order chi connectivity index (χ1) is 11.9. The molecule has 5 heteroatoms. The highest BCUT2D eigenvalue weighted by atomic mass is 16.7. The number of ether oxygens (including phenoxy) is 4. The van der Waals surface area contributed by atoms with Crippen LogP contribution in [0.2, 0.25) is 0 Å². The van der Waals surface area contributed by atoms with Crippen LogP contribution in [0.4, 0.5) is 0 Å². The standard InChI is InChI=1S/C20H37NO4/c1-5-21(14-18-22-12-13-23-18)11-8-17-15-24-20(25-17)9-6-16(7-10-20)19(2,3)4/h16-18H,5-15H2,1-4H3. The van der Waals surface area contributed by atoms with Crippen LogP contribution in [0.25, 0.3) is 0 Å². The first-order valence-electron chi connectivity index (χ1n) is 10.2. The van der Waals surface area contributed by atoms with Gasteiger partial charge in [0.05, 0.1) is 25.9 Å². The smallest absolute Gasteiger partial charge is 0.170 e. The van der Waals surface area contributed by atoms with E-state index in [9.17, 15) is 0 Å². The van der Waals surface area contributed by atoms with E-state index in [1.165, 1.54) is 12.8 Å². The van der Waals surface area contributed by atoms with Crippen LogP contribution in [0.3, 0.4) is 0 Å². The van der Waals surface area contributed by atoms with E-state index in [1.54, 1.807) is 0 Å². The number of rotatable bonds is 6. The second-order valence-electron chi connectivity index (χ2n) is 8.95. The minimum absolute atomic E-state index is 0.0558. The molecule has 0 amide bonds. The van der Waals surface area contributed by atoms with Crippen molar-refractivity contribution in [2.75, 3.05) is 39.5 Å². The minimum Gasteiger partial charge on any atom is -0.349 e. The Balaban J connectivity index is 1.40. The maximum Gasteiger partial charge on any atom is 0.170 e. The Kier molecular flexibility index (Phi) is 6.43. The summed E-state index contributed by atoms with van der Waals surface area (Å²) < 4.78 is 23.7. The molecule has 3 rings (SSSR count). The molecule has 3 fully saturated rings. The van der Waals surface area contributed by atoms with Crippen molar-refractivity contribution < 1.29 is 18.9 Å². The van der Waals surface area contributed by atoms with Crippen LogP contribution in [-0.2, 0) is 18.9 Å². The van der Waals surface area contributed by atoms with Gasteiger partial charge in [-0.2, -0.15) is 0 Å². The Morgan fingerprint density at radius 1 is 1.08 bits per heavy atom. The molecule has 0 bridgehead atoms. The molecule has 2 aliphatic heterocycles. The highest BCUT2D eigenvalue weighted by Crippen LogP contribution is 2.45. The molecule has 1 unspecified atom stereocenters. The van der Waals surface area contributed by atoms with Crippen LogP contribution in [0.5, 0.6) is 0 Å². The Morgan fingerprint density at radius 2 is 1.76 bits per heavy atom. The lowest BCUT2D eigenvalue weighted by Gasteiger charge is -2.41. The SMILES string of the molecule is CCN(CCC1COC2(CCC(C(C)(C)C)CC2)O1)CC1OCCO1. The first-order valence-corrected chi connectivity index (χ1v) is 10.2. The van der Waals surface area contributed by atoms with Crippen LogP contribution in [0, 0.1) is 11.3 Å². The van der Waals surface area contributed by atoms with Crippen LogP contribution in [0.1, 0.15) is 59.8 Å². The van der Waals surface area contributed by atoms with E-state index in [4.69, 9.17) is 18.9 Å². The van der Waals surface area contributed by atoms with E-state index >= 15 is 0 Å². The van der Waals surface area contributed by atoms with E-state index in [-0.39, 0.29) is 18.2 Å². The van der Waals surface area contributed by atoms with E-state index in [1.807, 2.05) is 0 Å². The first kappa shape index (κ1) is 19.6. The minimum atomic E-state index is -0.291. The predicted octanol–water partition coefficient (Wildman–Crippen LogP) is 3.42. The molecule has 1 atom stereocenters. The molecule has 25 heavy (non-hydrogen) atoms.